The number of hydrogen-bond acceptors (Lipinski definition) is 12. The highest BCUT2D eigenvalue weighted by molar-refractivity contribution is 6.32. The highest BCUT2D eigenvalue weighted by Gasteiger charge is 2.47. The van der Waals surface area contributed by atoms with Crippen LogP contribution in [-0.4, -0.2) is 116 Å². The minimum absolute atomic E-state index is 0.0207. The van der Waals surface area contributed by atoms with Crippen LogP contribution >= 0.6 is 11.6 Å². The molecule has 300 valence electrons. The van der Waals surface area contributed by atoms with Crippen molar-refractivity contribution in [1.29, 1.82) is 0 Å². The zero-order valence-electron chi connectivity index (χ0n) is 31.1. The monoisotopic (exact) mass is 790 g/mol. The summed E-state index contributed by atoms with van der Waals surface area (Å²) < 4.78 is 6.33. The topological polar surface area (TPSA) is 276 Å². The molecule has 0 spiro atoms. The number of hydrogen-bond donors (Lipinski definition) is 10. The van der Waals surface area contributed by atoms with Crippen LogP contribution in [0.25, 0.3) is 0 Å². The van der Waals surface area contributed by atoms with Gasteiger partial charge in [-0.2, -0.15) is 0 Å². The van der Waals surface area contributed by atoms with Gasteiger partial charge in [0.25, 0.3) is 11.8 Å². The molecule has 4 amide bonds. The maximum atomic E-state index is 14.7. The van der Waals surface area contributed by atoms with Crippen molar-refractivity contribution in [3.8, 4) is 11.5 Å². The molecule has 2 heterocycles. The predicted molar refractivity (Wildman–Crippen MR) is 197 cm³/mol. The van der Waals surface area contributed by atoms with E-state index in [4.69, 9.17) is 21.4 Å². The summed E-state index contributed by atoms with van der Waals surface area (Å²) in [6.07, 6.45) is 0.115. The molecule has 0 radical (unpaired) electrons. The molecular formula is C36H47ClN6O12. The van der Waals surface area contributed by atoms with Crippen LogP contribution < -0.4 is 31.3 Å². The molecule has 7 atom stereocenters. The summed E-state index contributed by atoms with van der Waals surface area (Å²) in [5.41, 5.74) is -2.41. The number of carbonyl (C=O) groups is 6. The van der Waals surface area contributed by atoms with E-state index in [2.05, 4.69) is 27.8 Å². The second-order valence-electron chi connectivity index (χ2n) is 13.2. The second-order valence-corrected chi connectivity index (χ2v) is 13.6. The van der Waals surface area contributed by atoms with Gasteiger partial charge < -0.3 is 56.4 Å². The largest absolute Gasteiger partial charge is 0.503 e. The highest BCUT2D eigenvalue weighted by Crippen LogP contribution is 2.41. The summed E-state index contributed by atoms with van der Waals surface area (Å²) in [4.78, 5) is 79.1. The van der Waals surface area contributed by atoms with Crippen LogP contribution in [-0.2, 0) is 28.8 Å². The van der Waals surface area contributed by atoms with Crippen LogP contribution in [0.3, 0.4) is 0 Å². The van der Waals surface area contributed by atoms with Crippen LogP contribution in [0.5, 0.6) is 11.5 Å². The fourth-order valence-electron chi connectivity index (χ4n) is 5.88. The molecule has 0 saturated heterocycles. The molecule has 2 aliphatic rings. The van der Waals surface area contributed by atoms with Crippen molar-refractivity contribution < 1.29 is 59.0 Å². The smallest absolute Gasteiger partial charge is 0.352 e. The number of carboxylic acids is 2. The van der Waals surface area contributed by atoms with E-state index in [1.165, 1.54) is 52.1 Å². The summed E-state index contributed by atoms with van der Waals surface area (Å²) in [5, 5.41) is 64.6. The van der Waals surface area contributed by atoms with E-state index in [0.717, 1.165) is 4.90 Å². The van der Waals surface area contributed by atoms with Crippen LogP contribution in [0.2, 0.25) is 5.02 Å². The quantitative estimate of drug-likeness (QED) is 0.107. The van der Waals surface area contributed by atoms with Crippen molar-refractivity contribution in [3.63, 3.8) is 0 Å². The number of phenols is 1. The third kappa shape index (κ3) is 10.1. The van der Waals surface area contributed by atoms with Crippen molar-refractivity contribution in [2.24, 2.45) is 0 Å². The zero-order chi connectivity index (χ0) is 41.5. The molecular weight excluding hydrogens is 744 g/mol. The average Bonchev–Trinajstić information content (AvgIpc) is 3.62. The third-order valence-corrected chi connectivity index (χ3v) is 9.66. The summed E-state index contributed by atoms with van der Waals surface area (Å²) in [6.45, 7) is 11.5. The van der Waals surface area contributed by atoms with Gasteiger partial charge >= 0.3 is 11.9 Å². The van der Waals surface area contributed by atoms with Gasteiger partial charge in [-0.05, 0) is 63.9 Å². The highest BCUT2D eigenvalue weighted by atomic mass is 35.5. The minimum atomic E-state index is -1.75. The molecule has 19 heteroatoms. The predicted octanol–water partition coefficient (Wildman–Crippen LogP) is 0.302. The number of aromatic hydroxyl groups is 1. The van der Waals surface area contributed by atoms with Crippen molar-refractivity contribution in [2.45, 2.75) is 89.6 Å². The number of aliphatic hydroxyl groups excluding tert-OH is 2. The van der Waals surface area contributed by atoms with Gasteiger partial charge in [0.05, 0.1) is 17.1 Å². The molecule has 1 aromatic carbocycles. The molecule has 0 saturated carbocycles. The molecule has 55 heavy (non-hydrogen) atoms. The van der Waals surface area contributed by atoms with Gasteiger partial charge in [-0.1, -0.05) is 49.8 Å². The number of nitrogens with zero attached hydrogens (tertiary/aromatic N) is 1. The van der Waals surface area contributed by atoms with Gasteiger partial charge in [-0.3, -0.25) is 24.5 Å². The molecule has 2 bridgehead atoms. The van der Waals surface area contributed by atoms with Crippen molar-refractivity contribution in [3.05, 3.63) is 70.1 Å². The Labute approximate surface area is 321 Å². The first kappa shape index (κ1) is 44.1. The first-order chi connectivity index (χ1) is 25.7. The first-order valence-electron chi connectivity index (χ1n) is 17.1. The number of amides is 4. The number of fused-ring (bicyclic) bond motifs is 2. The van der Waals surface area contributed by atoms with Gasteiger partial charge in [0.2, 0.25) is 11.8 Å². The Balaban J connectivity index is 2.11. The van der Waals surface area contributed by atoms with E-state index in [-0.39, 0.29) is 58.6 Å². The summed E-state index contributed by atoms with van der Waals surface area (Å²) in [7, 11) is 1.42. The fraction of sp³-hybridized carbons (Fsp3) is 0.444. The lowest BCUT2D eigenvalue weighted by atomic mass is 9.90. The number of aliphatic carboxylic acids is 2. The molecule has 2 aliphatic heterocycles. The Kier molecular flexibility index (Phi) is 14.7. The molecule has 1 aromatic rings. The standard InChI is InChI=1S/C36H47ClN6O12/c1-8-17(5)25(32(50)39-20(35(53)54)15-23(44)45)41-30(48)21-11-10-12-43(21)34(52)29-36(6,9-2)55-22-14-18(13-19(37)28(22)47)27(46)26(38-7)33(51)40-24(16(3)4)31(49)42-29/h10-11,13-15,21,24,26-27,29,31,38,42,46-47,49H,3,8-9,12H2,1-2,4-7H3,(H,39,50)(H,40,51)(H,41,48)(H,44,45)(H,53,54)/b20-15+,25-17+/t21-,24-,26-,27-,29+,31?,36+/m0/s1. The van der Waals surface area contributed by atoms with E-state index in [1.54, 1.807) is 13.8 Å². The minimum Gasteiger partial charge on any atom is -0.503 e. The zero-order valence-corrected chi connectivity index (χ0v) is 31.9. The lowest BCUT2D eigenvalue weighted by molar-refractivity contribution is -0.145. The molecule has 10 N–H and O–H groups in total. The fourth-order valence-corrected chi connectivity index (χ4v) is 6.10. The lowest BCUT2D eigenvalue weighted by Gasteiger charge is -2.41. The second kappa shape index (κ2) is 18.4. The SMILES string of the molecule is C=C(C)[C@@H]1NC(=O)[C@@H](NC)[C@@H](O)c2cc(Cl)c(O)c(c2)O[C@](C)(CC)[C@@H](C(=O)N2CC=C[C@H]2C(=O)N/C(C(=O)N/C(=C/C(=O)O)C(=O)O)=C(\C)CC)NC1O. The van der Waals surface area contributed by atoms with Gasteiger partial charge in [0.15, 0.2) is 11.5 Å². The Bertz CT molecular complexity index is 1830. The number of carboxylic acid groups (broad SMARTS) is 2. The number of halogens is 1. The van der Waals surface area contributed by atoms with Gasteiger partial charge in [-0.25, -0.2) is 9.59 Å². The number of rotatable bonds is 11. The number of aliphatic hydroxyl groups is 2. The Morgan fingerprint density at radius 2 is 1.78 bits per heavy atom. The number of allylic oxidation sites excluding steroid dienone is 1. The summed E-state index contributed by atoms with van der Waals surface area (Å²) >= 11 is 6.34. The van der Waals surface area contributed by atoms with Crippen LogP contribution in [0.1, 0.15) is 59.1 Å². The third-order valence-electron chi connectivity index (χ3n) is 9.37. The average molecular weight is 791 g/mol. The Hall–Kier alpha value is -5.27. The number of ether oxygens (including phenoxy) is 1. The number of likely N-dealkylation sites (N-methyl/N-ethyl adjacent to an activating group) is 1. The summed E-state index contributed by atoms with van der Waals surface area (Å²) in [6, 6.07) is -2.97. The van der Waals surface area contributed by atoms with Crippen LogP contribution in [0.4, 0.5) is 0 Å². The van der Waals surface area contributed by atoms with Crippen LogP contribution in [0.15, 0.2) is 59.5 Å². The molecule has 1 unspecified atom stereocenters. The van der Waals surface area contributed by atoms with Crippen molar-refractivity contribution >= 4 is 47.2 Å². The van der Waals surface area contributed by atoms with Crippen molar-refractivity contribution in [1.82, 2.24) is 31.5 Å². The number of benzene rings is 1. The Morgan fingerprint density at radius 1 is 1.13 bits per heavy atom. The van der Waals surface area contributed by atoms with E-state index in [0.29, 0.717) is 0 Å². The van der Waals surface area contributed by atoms with Gasteiger partial charge in [-0.15, -0.1) is 0 Å². The first-order valence-corrected chi connectivity index (χ1v) is 17.5. The number of carbonyl (C=O) groups excluding carboxylic acids is 4. The van der Waals surface area contributed by atoms with Crippen molar-refractivity contribution in [2.75, 3.05) is 13.6 Å². The van der Waals surface area contributed by atoms with E-state index in [9.17, 15) is 49.2 Å². The number of phenolic OH excluding ortho intramolecular Hbond substituents is 1. The number of nitrogens with one attached hydrogen (secondary N) is 5. The molecule has 3 rings (SSSR count). The molecule has 18 nitrogen and oxygen atoms in total. The van der Waals surface area contributed by atoms with E-state index in [1.807, 2.05) is 5.32 Å². The van der Waals surface area contributed by atoms with E-state index >= 15 is 0 Å². The lowest BCUT2D eigenvalue weighted by Crippen LogP contribution is -2.66. The van der Waals surface area contributed by atoms with Crippen LogP contribution in [0, 0.1) is 0 Å². The summed E-state index contributed by atoms with van der Waals surface area (Å²) in [5.74, 6) is -7.82. The van der Waals surface area contributed by atoms with Gasteiger partial charge in [0.1, 0.15) is 47.5 Å². The normalized spacial score (nSPS) is 26.2. The molecule has 0 aromatic heterocycles. The van der Waals surface area contributed by atoms with E-state index < -0.39 is 89.1 Å². The van der Waals surface area contributed by atoms with Gasteiger partial charge in [0, 0.05) is 6.54 Å². The Morgan fingerprint density at radius 3 is 2.33 bits per heavy atom. The maximum absolute atomic E-state index is 14.7. The molecule has 0 aliphatic carbocycles. The maximum Gasteiger partial charge on any atom is 0.352 e. The molecule has 0 fully saturated rings.